The first-order valence-corrected chi connectivity index (χ1v) is 7.78. The SMILES string of the molecule is CC(C)S(=O)(=O)Cc1coc2ccc(Br)cc12. The van der Waals surface area contributed by atoms with Crippen LogP contribution in [0.1, 0.15) is 19.4 Å². The maximum absolute atomic E-state index is 11.9. The molecule has 2 aromatic rings. The van der Waals surface area contributed by atoms with Gasteiger partial charge in [-0.1, -0.05) is 15.9 Å². The quantitative estimate of drug-likeness (QED) is 0.870. The average Bonchev–Trinajstić information content (AvgIpc) is 2.60. The van der Waals surface area contributed by atoms with Crippen molar-refractivity contribution in [1.29, 1.82) is 0 Å². The Kier molecular flexibility index (Phi) is 3.32. The lowest BCUT2D eigenvalue weighted by Crippen LogP contribution is -2.15. The van der Waals surface area contributed by atoms with E-state index in [0.29, 0.717) is 5.58 Å². The molecule has 2 rings (SSSR count). The third-order valence-electron chi connectivity index (χ3n) is 2.69. The minimum atomic E-state index is -3.10. The molecule has 0 radical (unpaired) electrons. The van der Waals surface area contributed by atoms with Crippen molar-refractivity contribution in [3.63, 3.8) is 0 Å². The molecule has 0 bridgehead atoms. The summed E-state index contributed by atoms with van der Waals surface area (Å²) in [6.07, 6.45) is 1.52. The molecule has 0 saturated heterocycles. The van der Waals surface area contributed by atoms with Crippen molar-refractivity contribution in [2.24, 2.45) is 0 Å². The first-order chi connectivity index (χ1) is 7.90. The van der Waals surface area contributed by atoms with Crippen LogP contribution >= 0.6 is 15.9 Å². The van der Waals surface area contributed by atoms with Gasteiger partial charge in [-0.05, 0) is 32.0 Å². The summed E-state index contributed by atoms with van der Waals surface area (Å²) < 4.78 is 30.0. The maximum atomic E-state index is 11.9. The molecule has 17 heavy (non-hydrogen) atoms. The van der Waals surface area contributed by atoms with E-state index in [-0.39, 0.29) is 11.0 Å². The van der Waals surface area contributed by atoms with Crippen LogP contribution in [-0.2, 0) is 15.6 Å². The fourth-order valence-corrected chi connectivity index (χ4v) is 2.90. The number of furan rings is 1. The molecule has 0 unspecified atom stereocenters. The third kappa shape index (κ3) is 2.55. The molecule has 0 saturated carbocycles. The molecule has 3 nitrogen and oxygen atoms in total. The summed E-state index contributed by atoms with van der Waals surface area (Å²) in [4.78, 5) is 0. The number of hydrogen-bond donors (Lipinski definition) is 0. The Morgan fingerprint density at radius 2 is 2.06 bits per heavy atom. The van der Waals surface area contributed by atoms with E-state index < -0.39 is 9.84 Å². The van der Waals surface area contributed by atoms with Crippen molar-refractivity contribution < 1.29 is 12.8 Å². The minimum Gasteiger partial charge on any atom is -0.464 e. The molecule has 92 valence electrons. The molecule has 0 amide bonds. The van der Waals surface area contributed by atoms with Crippen molar-refractivity contribution in [3.05, 3.63) is 34.5 Å². The standard InChI is InChI=1S/C12H13BrO3S/c1-8(2)17(14,15)7-9-6-16-12-4-3-10(13)5-11(9)12/h3-6,8H,7H2,1-2H3. The summed E-state index contributed by atoms with van der Waals surface area (Å²) in [5, 5.41) is 0.475. The van der Waals surface area contributed by atoms with E-state index >= 15 is 0 Å². The zero-order chi connectivity index (χ0) is 12.6. The van der Waals surface area contributed by atoms with Crippen molar-refractivity contribution in [2.75, 3.05) is 0 Å². The zero-order valence-electron chi connectivity index (χ0n) is 9.60. The van der Waals surface area contributed by atoms with Crippen LogP contribution in [0.3, 0.4) is 0 Å². The first-order valence-electron chi connectivity index (χ1n) is 5.27. The molecule has 0 aliphatic rings. The molecule has 0 fully saturated rings. The van der Waals surface area contributed by atoms with Gasteiger partial charge in [0.2, 0.25) is 0 Å². The smallest absolute Gasteiger partial charge is 0.156 e. The Morgan fingerprint density at radius 3 is 2.71 bits per heavy atom. The van der Waals surface area contributed by atoms with Crippen LogP contribution in [-0.4, -0.2) is 13.7 Å². The Hall–Kier alpha value is -0.810. The van der Waals surface area contributed by atoms with Crippen LogP contribution in [0.25, 0.3) is 11.0 Å². The summed E-state index contributed by atoms with van der Waals surface area (Å²) in [6, 6.07) is 5.57. The van der Waals surface area contributed by atoms with Gasteiger partial charge in [0.25, 0.3) is 0 Å². The van der Waals surface area contributed by atoms with Gasteiger partial charge in [-0.3, -0.25) is 0 Å². The fourth-order valence-electron chi connectivity index (χ4n) is 1.55. The van der Waals surface area contributed by atoms with E-state index in [1.165, 1.54) is 6.26 Å². The van der Waals surface area contributed by atoms with E-state index in [4.69, 9.17) is 4.42 Å². The lowest BCUT2D eigenvalue weighted by Gasteiger charge is -2.05. The normalized spacial score (nSPS) is 12.5. The number of rotatable bonds is 3. The highest BCUT2D eigenvalue weighted by molar-refractivity contribution is 9.10. The molecule has 0 aliphatic heterocycles. The second-order valence-electron chi connectivity index (χ2n) is 4.26. The van der Waals surface area contributed by atoms with Crippen LogP contribution < -0.4 is 0 Å². The molecular weight excluding hydrogens is 304 g/mol. The maximum Gasteiger partial charge on any atom is 0.156 e. The van der Waals surface area contributed by atoms with Gasteiger partial charge in [-0.15, -0.1) is 0 Å². The van der Waals surface area contributed by atoms with Crippen LogP contribution in [0.2, 0.25) is 0 Å². The van der Waals surface area contributed by atoms with Gasteiger partial charge >= 0.3 is 0 Å². The van der Waals surface area contributed by atoms with E-state index in [2.05, 4.69) is 15.9 Å². The summed E-state index contributed by atoms with van der Waals surface area (Å²) >= 11 is 3.37. The van der Waals surface area contributed by atoms with Gasteiger partial charge in [0.05, 0.1) is 17.3 Å². The minimum absolute atomic E-state index is 0.0219. The number of halogens is 1. The van der Waals surface area contributed by atoms with Gasteiger partial charge < -0.3 is 4.42 Å². The number of hydrogen-bond acceptors (Lipinski definition) is 3. The highest BCUT2D eigenvalue weighted by Gasteiger charge is 2.19. The average molecular weight is 317 g/mol. The summed E-state index contributed by atoms with van der Waals surface area (Å²) in [7, 11) is -3.10. The second-order valence-corrected chi connectivity index (χ2v) is 7.73. The predicted molar refractivity (Wildman–Crippen MR) is 71.7 cm³/mol. The van der Waals surface area contributed by atoms with Gasteiger partial charge in [0.15, 0.2) is 9.84 Å². The van der Waals surface area contributed by atoms with Gasteiger partial charge in [0, 0.05) is 15.4 Å². The molecule has 5 heteroatoms. The second kappa shape index (κ2) is 4.46. The number of fused-ring (bicyclic) bond motifs is 1. The number of benzene rings is 1. The van der Waals surface area contributed by atoms with Crippen molar-refractivity contribution in [3.8, 4) is 0 Å². The predicted octanol–water partition coefficient (Wildman–Crippen LogP) is 3.52. The molecule has 0 atom stereocenters. The number of sulfone groups is 1. The van der Waals surface area contributed by atoms with E-state index in [9.17, 15) is 8.42 Å². The molecule has 0 spiro atoms. The largest absolute Gasteiger partial charge is 0.464 e. The zero-order valence-corrected chi connectivity index (χ0v) is 12.0. The van der Waals surface area contributed by atoms with Crippen molar-refractivity contribution >= 4 is 36.7 Å². The molecule has 0 aliphatic carbocycles. The molecule has 1 aromatic heterocycles. The molecule has 1 aromatic carbocycles. The summed E-state index contributed by atoms with van der Waals surface area (Å²) in [5.41, 5.74) is 1.43. The lowest BCUT2D eigenvalue weighted by molar-refractivity contribution is 0.584. The summed E-state index contributed by atoms with van der Waals surface area (Å²) in [5.74, 6) is 0.0219. The molecule has 1 heterocycles. The Balaban J connectivity index is 2.47. The lowest BCUT2D eigenvalue weighted by atomic mass is 10.2. The van der Waals surface area contributed by atoms with Crippen LogP contribution in [0.15, 0.2) is 33.4 Å². The van der Waals surface area contributed by atoms with Crippen LogP contribution in [0.5, 0.6) is 0 Å². The highest BCUT2D eigenvalue weighted by Crippen LogP contribution is 2.26. The fraction of sp³-hybridized carbons (Fsp3) is 0.333. The first kappa shape index (κ1) is 12.6. The topological polar surface area (TPSA) is 47.3 Å². The van der Waals surface area contributed by atoms with Gasteiger partial charge in [0.1, 0.15) is 5.58 Å². The van der Waals surface area contributed by atoms with E-state index in [1.54, 1.807) is 13.8 Å². The Labute approximate surface area is 109 Å². The van der Waals surface area contributed by atoms with Crippen molar-refractivity contribution in [2.45, 2.75) is 24.9 Å². The van der Waals surface area contributed by atoms with E-state index in [1.807, 2.05) is 18.2 Å². The molecular formula is C12H13BrO3S. The summed E-state index contributed by atoms with van der Waals surface area (Å²) in [6.45, 7) is 3.38. The monoisotopic (exact) mass is 316 g/mol. The van der Waals surface area contributed by atoms with Gasteiger partial charge in [-0.25, -0.2) is 8.42 Å². The van der Waals surface area contributed by atoms with Crippen LogP contribution in [0, 0.1) is 0 Å². The third-order valence-corrected chi connectivity index (χ3v) is 5.33. The van der Waals surface area contributed by atoms with E-state index in [0.717, 1.165) is 15.4 Å². The Bertz CT molecular complexity index is 641. The van der Waals surface area contributed by atoms with Crippen LogP contribution in [0.4, 0.5) is 0 Å². The molecule has 0 N–H and O–H groups in total. The Morgan fingerprint density at radius 1 is 1.35 bits per heavy atom. The highest BCUT2D eigenvalue weighted by atomic mass is 79.9. The van der Waals surface area contributed by atoms with Crippen molar-refractivity contribution in [1.82, 2.24) is 0 Å². The van der Waals surface area contributed by atoms with Gasteiger partial charge in [-0.2, -0.15) is 0 Å².